The van der Waals surface area contributed by atoms with Crippen LogP contribution in [0.2, 0.25) is 0 Å². The number of anilines is 2. The van der Waals surface area contributed by atoms with Gasteiger partial charge in [-0.3, -0.25) is 10.1 Å². The average molecular weight is 443 g/mol. The quantitative estimate of drug-likeness (QED) is 0.592. The average Bonchev–Trinajstić information content (AvgIpc) is 3.16. The van der Waals surface area contributed by atoms with Crippen LogP contribution in [0.3, 0.4) is 0 Å². The van der Waals surface area contributed by atoms with Gasteiger partial charge in [-0.05, 0) is 50.0 Å². The van der Waals surface area contributed by atoms with Gasteiger partial charge in [0.15, 0.2) is 0 Å². The highest BCUT2D eigenvalue weighted by Crippen LogP contribution is 2.73. The molecule has 2 aromatic heterocycles. The van der Waals surface area contributed by atoms with Crippen molar-refractivity contribution >= 4 is 17.6 Å². The fourth-order valence-corrected chi connectivity index (χ4v) is 5.85. The number of nitrogens with two attached hydrogens (primary N) is 1. The first-order chi connectivity index (χ1) is 15.7. The molecule has 0 spiro atoms. The Morgan fingerprint density at radius 1 is 1.24 bits per heavy atom. The molecule has 168 valence electrons. The molecule has 0 radical (unpaired) electrons. The summed E-state index contributed by atoms with van der Waals surface area (Å²) in [6.45, 7) is 4.40. The minimum Gasteiger partial charge on any atom is -0.383 e. The lowest BCUT2D eigenvalue weighted by atomic mass is 9.35. The van der Waals surface area contributed by atoms with Gasteiger partial charge in [-0.1, -0.05) is 36.3 Å². The fraction of sp³-hybridized carbons (Fsp3) is 0.440. The maximum atomic E-state index is 12.5. The number of rotatable bonds is 6. The third-order valence-electron chi connectivity index (χ3n) is 7.72. The Balaban J connectivity index is 1.13. The van der Waals surface area contributed by atoms with Gasteiger partial charge >= 0.3 is 0 Å². The molecule has 3 N–H and O–H groups in total. The van der Waals surface area contributed by atoms with Crippen LogP contribution >= 0.6 is 0 Å². The first kappa shape index (κ1) is 20.0. The number of nitrogen functional groups attached to an aromatic ring is 1. The molecular weight excluding hydrogens is 416 g/mol. The van der Waals surface area contributed by atoms with E-state index < -0.39 is 0 Å². The largest absolute Gasteiger partial charge is 0.383 e. The van der Waals surface area contributed by atoms with E-state index >= 15 is 0 Å². The van der Waals surface area contributed by atoms with Gasteiger partial charge in [-0.25, -0.2) is 4.68 Å². The van der Waals surface area contributed by atoms with Crippen molar-refractivity contribution in [2.75, 3.05) is 11.1 Å². The Kier molecular flexibility index (Phi) is 3.93. The summed E-state index contributed by atoms with van der Waals surface area (Å²) < 4.78 is 7.15. The second kappa shape index (κ2) is 6.47. The van der Waals surface area contributed by atoms with E-state index in [1.165, 1.54) is 0 Å². The van der Waals surface area contributed by atoms with Crippen LogP contribution in [0.25, 0.3) is 11.3 Å². The molecule has 3 aromatic rings. The Bertz CT molecular complexity index is 1300. The number of amides is 1. The predicted molar refractivity (Wildman–Crippen MR) is 122 cm³/mol. The van der Waals surface area contributed by atoms with Crippen LogP contribution in [0.15, 0.2) is 34.9 Å². The van der Waals surface area contributed by atoms with Crippen molar-refractivity contribution in [2.45, 2.75) is 63.3 Å². The first-order valence-corrected chi connectivity index (χ1v) is 11.4. The number of nitriles is 1. The SMILES string of the molecule is CC12CC(c3cc(NC(=O)Cc4ccc(-c5nn(C6(C)CC6)c(N)c5C#N)cc4)on3)(C1)C2. The highest BCUT2D eigenvalue weighted by atomic mass is 16.5. The molecule has 7 rings (SSSR count). The minimum atomic E-state index is -0.164. The summed E-state index contributed by atoms with van der Waals surface area (Å²) in [6, 6.07) is 11.6. The summed E-state index contributed by atoms with van der Waals surface area (Å²) >= 11 is 0. The highest BCUT2D eigenvalue weighted by molar-refractivity contribution is 5.91. The summed E-state index contributed by atoms with van der Waals surface area (Å²) in [5.41, 5.74) is 10.4. The van der Waals surface area contributed by atoms with E-state index in [1.807, 2.05) is 30.3 Å². The molecule has 0 saturated heterocycles. The summed E-state index contributed by atoms with van der Waals surface area (Å²) in [4.78, 5) is 12.5. The van der Waals surface area contributed by atoms with Gasteiger partial charge in [0.1, 0.15) is 23.1 Å². The van der Waals surface area contributed by atoms with Gasteiger partial charge in [-0.2, -0.15) is 10.4 Å². The Labute approximate surface area is 191 Å². The van der Waals surface area contributed by atoms with Crippen LogP contribution in [0.1, 0.15) is 62.8 Å². The number of aromatic nitrogens is 3. The van der Waals surface area contributed by atoms with Crippen LogP contribution in [0.4, 0.5) is 11.7 Å². The molecule has 0 unspecified atom stereocenters. The minimum absolute atomic E-state index is 0.0941. The van der Waals surface area contributed by atoms with Gasteiger partial charge in [-0.15, -0.1) is 0 Å². The summed E-state index contributed by atoms with van der Waals surface area (Å²) in [7, 11) is 0. The standard InChI is InChI=1S/C25H26N6O2/c1-23-12-25(13-23,14-23)18-10-20(33-30-18)28-19(32)9-15-3-5-16(6-4-15)21-17(11-26)22(27)31(29-21)24(2)7-8-24/h3-6,10H,7-9,12-14,27H2,1-2H3,(H,28,32). The predicted octanol–water partition coefficient (Wildman–Crippen LogP) is 4.12. The normalized spacial score (nSPS) is 26.1. The number of carbonyl (C=O) groups excluding carboxylic acids is 1. The van der Waals surface area contributed by atoms with Crippen molar-refractivity contribution in [1.82, 2.24) is 14.9 Å². The maximum absolute atomic E-state index is 12.5. The zero-order valence-electron chi connectivity index (χ0n) is 18.8. The molecule has 8 heteroatoms. The van der Waals surface area contributed by atoms with E-state index in [0.29, 0.717) is 28.4 Å². The Hall–Kier alpha value is -3.60. The third kappa shape index (κ3) is 3.06. The number of nitrogens with one attached hydrogen (secondary N) is 1. The zero-order valence-corrected chi connectivity index (χ0v) is 18.8. The van der Waals surface area contributed by atoms with Crippen molar-refractivity contribution in [3.63, 3.8) is 0 Å². The van der Waals surface area contributed by atoms with E-state index in [1.54, 1.807) is 4.68 Å². The molecule has 4 aliphatic rings. The van der Waals surface area contributed by atoms with E-state index in [9.17, 15) is 10.1 Å². The van der Waals surface area contributed by atoms with Crippen molar-refractivity contribution in [2.24, 2.45) is 5.41 Å². The Morgan fingerprint density at radius 3 is 2.55 bits per heavy atom. The molecule has 2 bridgehead atoms. The second-order valence-corrected chi connectivity index (χ2v) is 10.7. The molecule has 0 aliphatic heterocycles. The topological polar surface area (TPSA) is 123 Å². The van der Waals surface area contributed by atoms with Gasteiger partial charge in [0, 0.05) is 17.0 Å². The lowest BCUT2D eigenvalue weighted by Gasteiger charge is -2.68. The number of hydrogen-bond acceptors (Lipinski definition) is 6. The smallest absolute Gasteiger partial charge is 0.231 e. The molecule has 4 fully saturated rings. The fourth-order valence-electron chi connectivity index (χ4n) is 5.85. The van der Waals surface area contributed by atoms with Crippen LogP contribution in [0, 0.1) is 16.7 Å². The lowest BCUT2D eigenvalue weighted by molar-refractivity contribution is -0.129. The second-order valence-electron chi connectivity index (χ2n) is 10.7. The van der Waals surface area contributed by atoms with Crippen LogP contribution < -0.4 is 11.1 Å². The molecule has 8 nitrogen and oxygen atoms in total. The number of hydrogen-bond donors (Lipinski definition) is 2. The van der Waals surface area contributed by atoms with Gasteiger partial charge < -0.3 is 10.3 Å². The van der Waals surface area contributed by atoms with E-state index in [4.69, 9.17) is 10.3 Å². The van der Waals surface area contributed by atoms with Crippen molar-refractivity contribution in [3.05, 3.63) is 47.2 Å². The molecule has 1 aromatic carbocycles. The maximum Gasteiger partial charge on any atom is 0.231 e. The van der Waals surface area contributed by atoms with E-state index in [0.717, 1.165) is 48.9 Å². The molecule has 4 saturated carbocycles. The molecular formula is C25H26N6O2. The monoisotopic (exact) mass is 442 g/mol. The Morgan fingerprint density at radius 2 is 1.94 bits per heavy atom. The molecule has 1 amide bonds. The van der Waals surface area contributed by atoms with Gasteiger partial charge in [0.05, 0.1) is 17.7 Å². The molecule has 33 heavy (non-hydrogen) atoms. The zero-order chi connectivity index (χ0) is 23.0. The molecule has 0 atom stereocenters. The number of benzene rings is 1. The van der Waals surface area contributed by atoms with E-state index in [-0.39, 0.29) is 23.3 Å². The highest BCUT2D eigenvalue weighted by Gasteiger charge is 2.66. The van der Waals surface area contributed by atoms with Crippen LogP contribution in [-0.4, -0.2) is 20.8 Å². The lowest BCUT2D eigenvalue weighted by Crippen LogP contribution is -2.62. The summed E-state index contributed by atoms with van der Waals surface area (Å²) in [5, 5.41) is 21.3. The first-order valence-electron chi connectivity index (χ1n) is 11.4. The van der Waals surface area contributed by atoms with Crippen molar-refractivity contribution in [3.8, 4) is 17.3 Å². The van der Waals surface area contributed by atoms with E-state index in [2.05, 4.69) is 35.5 Å². The van der Waals surface area contributed by atoms with Gasteiger partial charge in [0.25, 0.3) is 0 Å². The van der Waals surface area contributed by atoms with Crippen molar-refractivity contribution < 1.29 is 9.32 Å². The van der Waals surface area contributed by atoms with Crippen LogP contribution in [0.5, 0.6) is 0 Å². The summed E-state index contributed by atoms with van der Waals surface area (Å²) in [5.74, 6) is 0.646. The number of carbonyl (C=O) groups is 1. The third-order valence-corrected chi connectivity index (χ3v) is 7.72. The number of nitrogens with zero attached hydrogens (tertiary/aromatic N) is 4. The van der Waals surface area contributed by atoms with Gasteiger partial charge in [0.2, 0.25) is 11.8 Å². The molecule has 2 heterocycles. The van der Waals surface area contributed by atoms with Crippen LogP contribution in [-0.2, 0) is 22.2 Å². The molecule has 4 aliphatic carbocycles. The summed E-state index contributed by atoms with van der Waals surface area (Å²) in [6.07, 6.45) is 5.68. The van der Waals surface area contributed by atoms with Crippen molar-refractivity contribution in [1.29, 1.82) is 5.26 Å².